The monoisotopic (exact) mass is 205 g/mol. The summed E-state index contributed by atoms with van der Waals surface area (Å²) in [4.78, 5) is 3.91. The molecule has 4 nitrogen and oxygen atoms in total. The molecule has 0 saturated carbocycles. The SMILES string of the molecule is CCNCC(C#N)C(O)c1cccnc1. The highest BCUT2D eigenvalue weighted by Gasteiger charge is 2.19. The van der Waals surface area contributed by atoms with Gasteiger partial charge in [-0.3, -0.25) is 4.98 Å². The molecular formula is C11H15N3O. The Labute approximate surface area is 89.6 Å². The highest BCUT2D eigenvalue weighted by molar-refractivity contribution is 5.15. The summed E-state index contributed by atoms with van der Waals surface area (Å²) < 4.78 is 0. The van der Waals surface area contributed by atoms with Crippen LogP contribution in [0.3, 0.4) is 0 Å². The third-order valence-electron chi connectivity index (χ3n) is 2.19. The molecule has 0 bridgehead atoms. The van der Waals surface area contributed by atoms with Crippen LogP contribution in [0.2, 0.25) is 0 Å². The summed E-state index contributed by atoms with van der Waals surface area (Å²) in [5, 5.41) is 21.9. The average molecular weight is 205 g/mol. The van der Waals surface area contributed by atoms with Crippen molar-refractivity contribution in [1.29, 1.82) is 5.26 Å². The van der Waals surface area contributed by atoms with Gasteiger partial charge in [-0.1, -0.05) is 13.0 Å². The Balaban J connectivity index is 2.66. The minimum absolute atomic E-state index is 0.436. The maximum atomic E-state index is 9.90. The van der Waals surface area contributed by atoms with Crippen LogP contribution in [0.15, 0.2) is 24.5 Å². The maximum absolute atomic E-state index is 9.90. The van der Waals surface area contributed by atoms with E-state index in [1.165, 1.54) is 0 Å². The predicted molar refractivity (Wildman–Crippen MR) is 56.8 cm³/mol. The van der Waals surface area contributed by atoms with Crippen LogP contribution in [-0.4, -0.2) is 23.2 Å². The third-order valence-corrected chi connectivity index (χ3v) is 2.19. The fourth-order valence-corrected chi connectivity index (χ4v) is 1.31. The quantitative estimate of drug-likeness (QED) is 0.748. The molecule has 0 radical (unpaired) electrons. The summed E-state index contributed by atoms with van der Waals surface area (Å²) in [6.07, 6.45) is 2.45. The van der Waals surface area contributed by atoms with Crippen LogP contribution in [-0.2, 0) is 0 Å². The lowest BCUT2D eigenvalue weighted by atomic mass is 9.98. The van der Waals surface area contributed by atoms with E-state index in [-0.39, 0.29) is 0 Å². The zero-order chi connectivity index (χ0) is 11.1. The molecule has 0 spiro atoms. The number of pyridine rings is 1. The number of nitriles is 1. The number of hydrogen-bond donors (Lipinski definition) is 2. The largest absolute Gasteiger partial charge is 0.387 e. The number of aromatic nitrogens is 1. The van der Waals surface area contributed by atoms with E-state index in [0.717, 1.165) is 6.54 Å². The van der Waals surface area contributed by atoms with E-state index >= 15 is 0 Å². The molecule has 2 atom stereocenters. The number of aliphatic hydroxyl groups is 1. The Kier molecular flexibility index (Phi) is 4.75. The molecule has 0 aliphatic heterocycles. The summed E-state index contributed by atoms with van der Waals surface area (Å²) in [6, 6.07) is 5.62. The first-order chi connectivity index (χ1) is 7.29. The molecule has 0 aliphatic rings. The average Bonchev–Trinajstić information content (AvgIpc) is 2.31. The summed E-state index contributed by atoms with van der Waals surface area (Å²) in [7, 11) is 0. The van der Waals surface area contributed by atoms with Crippen molar-refractivity contribution in [1.82, 2.24) is 10.3 Å². The van der Waals surface area contributed by atoms with E-state index in [2.05, 4.69) is 16.4 Å². The van der Waals surface area contributed by atoms with Gasteiger partial charge in [0.25, 0.3) is 0 Å². The second-order valence-electron chi connectivity index (χ2n) is 3.27. The number of nitrogens with zero attached hydrogens (tertiary/aromatic N) is 2. The molecule has 4 heteroatoms. The van der Waals surface area contributed by atoms with E-state index in [9.17, 15) is 5.11 Å². The van der Waals surface area contributed by atoms with Crippen LogP contribution in [0.4, 0.5) is 0 Å². The summed E-state index contributed by atoms with van der Waals surface area (Å²) >= 11 is 0. The molecule has 15 heavy (non-hydrogen) atoms. The lowest BCUT2D eigenvalue weighted by Crippen LogP contribution is -2.26. The fourth-order valence-electron chi connectivity index (χ4n) is 1.31. The first kappa shape index (κ1) is 11.6. The van der Waals surface area contributed by atoms with E-state index in [1.807, 2.05) is 6.92 Å². The Bertz CT molecular complexity index is 320. The second-order valence-corrected chi connectivity index (χ2v) is 3.27. The van der Waals surface area contributed by atoms with Crippen molar-refractivity contribution in [2.75, 3.05) is 13.1 Å². The number of nitrogens with one attached hydrogen (secondary N) is 1. The topological polar surface area (TPSA) is 68.9 Å². The van der Waals surface area contributed by atoms with Gasteiger partial charge in [-0.2, -0.15) is 5.26 Å². The van der Waals surface area contributed by atoms with Crippen molar-refractivity contribution in [3.8, 4) is 6.07 Å². The Hall–Kier alpha value is -1.44. The maximum Gasteiger partial charge on any atom is 0.0975 e. The lowest BCUT2D eigenvalue weighted by molar-refractivity contribution is 0.133. The van der Waals surface area contributed by atoms with Gasteiger partial charge >= 0.3 is 0 Å². The second kappa shape index (κ2) is 6.12. The molecule has 1 heterocycles. The highest BCUT2D eigenvalue weighted by Crippen LogP contribution is 2.19. The van der Waals surface area contributed by atoms with Crippen molar-refractivity contribution < 1.29 is 5.11 Å². The van der Waals surface area contributed by atoms with E-state index < -0.39 is 12.0 Å². The molecule has 1 aromatic heterocycles. The van der Waals surface area contributed by atoms with E-state index in [1.54, 1.807) is 24.5 Å². The summed E-state index contributed by atoms with van der Waals surface area (Å²) in [5.41, 5.74) is 0.682. The van der Waals surface area contributed by atoms with Gasteiger partial charge in [-0.25, -0.2) is 0 Å². The van der Waals surface area contributed by atoms with Gasteiger partial charge in [-0.15, -0.1) is 0 Å². The molecule has 0 fully saturated rings. The van der Waals surface area contributed by atoms with Crippen molar-refractivity contribution in [2.45, 2.75) is 13.0 Å². The van der Waals surface area contributed by atoms with Gasteiger partial charge in [0.2, 0.25) is 0 Å². The molecule has 2 N–H and O–H groups in total. The first-order valence-corrected chi connectivity index (χ1v) is 4.98. The van der Waals surface area contributed by atoms with E-state index in [0.29, 0.717) is 12.1 Å². The van der Waals surface area contributed by atoms with Crippen LogP contribution in [0.5, 0.6) is 0 Å². The Morgan fingerprint density at radius 2 is 2.47 bits per heavy atom. The number of hydrogen-bond acceptors (Lipinski definition) is 4. The smallest absolute Gasteiger partial charge is 0.0975 e. The third kappa shape index (κ3) is 3.31. The van der Waals surface area contributed by atoms with Crippen LogP contribution in [0.1, 0.15) is 18.6 Å². The van der Waals surface area contributed by atoms with Crippen molar-refractivity contribution in [2.24, 2.45) is 5.92 Å². The van der Waals surface area contributed by atoms with Gasteiger partial charge in [-0.05, 0) is 12.6 Å². The molecule has 1 aromatic rings. The van der Waals surface area contributed by atoms with Gasteiger partial charge in [0, 0.05) is 24.5 Å². The minimum Gasteiger partial charge on any atom is -0.387 e. The van der Waals surface area contributed by atoms with Crippen LogP contribution < -0.4 is 5.32 Å². The zero-order valence-electron chi connectivity index (χ0n) is 8.72. The number of aliphatic hydroxyl groups excluding tert-OH is 1. The van der Waals surface area contributed by atoms with Gasteiger partial charge in [0.1, 0.15) is 0 Å². The van der Waals surface area contributed by atoms with Crippen molar-refractivity contribution in [3.63, 3.8) is 0 Å². The molecular weight excluding hydrogens is 190 g/mol. The zero-order valence-corrected chi connectivity index (χ0v) is 8.72. The molecule has 80 valence electrons. The standard InChI is InChI=1S/C11H15N3O/c1-2-13-8-10(6-12)11(15)9-4-3-5-14-7-9/h3-5,7,10-11,13,15H,2,8H2,1H3. The molecule has 0 aromatic carbocycles. The predicted octanol–water partition coefficient (Wildman–Crippen LogP) is 0.864. The van der Waals surface area contributed by atoms with Crippen molar-refractivity contribution >= 4 is 0 Å². The van der Waals surface area contributed by atoms with Gasteiger partial charge in [0.05, 0.1) is 18.1 Å². The normalized spacial score (nSPS) is 14.2. The molecule has 0 amide bonds. The lowest BCUT2D eigenvalue weighted by Gasteiger charge is -2.16. The van der Waals surface area contributed by atoms with Crippen molar-refractivity contribution in [3.05, 3.63) is 30.1 Å². The van der Waals surface area contributed by atoms with Crippen LogP contribution in [0, 0.1) is 17.2 Å². The Morgan fingerprint density at radius 3 is 3.00 bits per heavy atom. The number of rotatable bonds is 5. The molecule has 0 aliphatic carbocycles. The minimum atomic E-state index is -0.775. The molecule has 2 unspecified atom stereocenters. The summed E-state index contributed by atoms with van der Waals surface area (Å²) in [6.45, 7) is 3.24. The molecule has 0 saturated heterocycles. The van der Waals surface area contributed by atoms with Gasteiger partial charge < -0.3 is 10.4 Å². The first-order valence-electron chi connectivity index (χ1n) is 4.98. The van der Waals surface area contributed by atoms with Crippen LogP contribution in [0.25, 0.3) is 0 Å². The van der Waals surface area contributed by atoms with Gasteiger partial charge in [0.15, 0.2) is 0 Å². The van der Waals surface area contributed by atoms with Crippen LogP contribution >= 0.6 is 0 Å². The molecule has 1 rings (SSSR count). The fraction of sp³-hybridized carbons (Fsp3) is 0.455. The highest BCUT2D eigenvalue weighted by atomic mass is 16.3. The Morgan fingerprint density at radius 1 is 1.67 bits per heavy atom. The van der Waals surface area contributed by atoms with E-state index in [4.69, 9.17) is 5.26 Å². The summed E-state index contributed by atoms with van der Waals surface area (Å²) in [5.74, 6) is -0.436.